The first-order valence-corrected chi connectivity index (χ1v) is 6.03. The van der Waals surface area contributed by atoms with Gasteiger partial charge in [-0.1, -0.05) is 6.07 Å². The Hall–Kier alpha value is -1.77. The average Bonchev–Trinajstić information content (AvgIpc) is 2.38. The number of hydrogen-bond donors (Lipinski definition) is 2. The van der Waals surface area contributed by atoms with E-state index in [9.17, 15) is 0 Å². The third-order valence-corrected chi connectivity index (χ3v) is 3.09. The lowest BCUT2D eigenvalue weighted by Gasteiger charge is -2.30. The van der Waals surface area contributed by atoms with Crippen LogP contribution in [0.1, 0.15) is 5.56 Å². The molecule has 0 aliphatic carbocycles. The molecule has 0 amide bonds. The Kier molecular flexibility index (Phi) is 4.03. The lowest BCUT2D eigenvalue weighted by Crippen LogP contribution is -2.43. The summed E-state index contributed by atoms with van der Waals surface area (Å²) >= 11 is 0. The van der Waals surface area contributed by atoms with Crippen molar-refractivity contribution in [2.75, 3.05) is 44.3 Å². The number of hydrogen-bond acceptors (Lipinski definition) is 5. The Morgan fingerprint density at radius 2 is 2.44 bits per heavy atom. The number of nitrogens with two attached hydrogens (primary N) is 1. The van der Waals surface area contributed by atoms with Gasteiger partial charge in [-0.25, -0.2) is 0 Å². The number of likely N-dealkylation sites (N-methyl/N-ethyl adjacent to an activating group) is 1. The first-order chi connectivity index (χ1) is 8.70. The molecular weight excluding hydrogens is 228 g/mol. The zero-order chi connectivity index (χ0) is 13.0. The molecule has 1 unspecified atom stereocenters. The van der Waals surface area contributed by atoms with E-state index in [4.69, 9.17) is 15.7 Å². The van der Waals surface area contributed by atoms with Crippen LogP contribution in [0.3, 0.4) is 0 Å². The number of ether oxygens (including phenoxy) is 1. The maximum atomic E-state index is 8.91. The number of para-hydroxylation sites is 1. The van der Waals surface area contributed by atoms with Gasteiger partial charge < -0.3 is 20.7 Å². The molecule has 3 N–H and O–H groups in total. The average molecular weight is 246 g/mol. The van der Waals surface area contributed by atoms with Crippen LogP contribution in [0.5, 0.6) is 0 Å². The second-order valence-corrected chi connectivity index (χ2v) is 4.51. The van der Waals surface area contributed by atoms with Crippen LogP contribution in [-0.2, 0) is 4.74 Å². The van der Waals surface area contributed by atoms with Crippen LogP contribution in [0.4, 0.5) is 11.4 Å². The number of rotatable bonds is 3. The molecule has 0 aromatic heterocycles. The monoisotopic (exact) mass is 246 g/mol. The van der Waals surface area contributed by atoms with Crippen LogP contribution < -0.4 is 11.1 Å². The fraction of sp³-hybridized carbons (Fsp3) is 0.462. The number of morpholine rings is 1. The molecule has 5 heteroatoms. The van der Waals surface area contributed by atoms with Gasteiger partial charge in [-0.3, -0.25) is 0 Å². The van der Waals surface area contributed by atoms with Crippen LogP contribution in [0, 0.1) is 11.3 Å². The van der Waals surface area contributed by atoms with Gasteiger partial charge in [0.1, 0.15) is 6.07 Å². The lowest BCUT2D eigenvalue weighted by molar-refractivity contribution is -0.0117. The second kappa shape index (κ2) is 5.71. The molecule has 1 saturated heterocycles. The summed E-state index contributed by atoms with van der Waals surface area (Å²) < 4.78 is 5.66. The van der Waals surface area contributed by atoms with Crippen molar-refractivity contribution in [1.29, 1.82) is 5.26 Å². The Morgan fingerprint density at radius 1 is 1.61 bits per heavy atom. The first kappa shape index (κ1) is 12.7. The number of anilines is 2. The Balaban J connectivity index is 1.96. The Labute approximate surface area is 107 Å². The maximum absolute atomic E-state index is 8.91. The first-order valence-electron chi connectivity index (χ1n) is 6.03. The van der Waals surface area contributed by atoms with E-state index in [0.717, 1.165) is 25.4 Å². The van der Waals surface area contributed by atoms with Gasteiger partial charge >= 0.3 is 0 Å². The number of nitrogen functional groups attached to an aromatic ring is 1. The Bertz CT molecular complexity index is 455. The molecule has 1 aliphatic rings. The lowest BCUT2D eigenvalue weighted by atomic mass is 10.1. The van der Waals surface area contributed by atoms with Crippen molar-refractivity contribution in [1.82, 2.24) is 4.90 Å². The highest BCUT2D eigenvalue weighted by Gasteiger charge is 2.17. The second-order valence-electron chi connectivity index (χ2n) is 4.51. The third kappa shape index (κ3) is 2.92. The third-order valence-electron chi connectivity index (χ3n) is 3.09. The highest BCUT2D eigenvalue weighted by Crippen LogP contribution is 2.22. The van der Waals surface area contributed by atoms with Crippen LogP contribution in [0.25, 0.3) is 0 Å². The standard InChI is InChI=1S/C13H18N4O/c1-17-5-6-18-11(9-17)8-16-12-4-2-3-10(7-14)13(12)15/h2-4,11,16H,5-6,8-9,15H2,1H3. The van der Waals surface area contributed by atoms with Gasteiger partial charge in [-0.15, -0.1) is 0 Å². The minimum atomic E-state index is 0.161. The van der Waals surface area contributed by atoms with Crippen LogP contribution in [-0.4, -0.2) is 44.3 Å². The SMILES string of the molecule is CN1CCOC(CNc2cccc(C#N)c2N)C1. The summed E-state index contributed by atoms with van der Waals surface area (Å²) in [5.41, 5.74) is 7.70. The molecular formula is C13H18N4O. The molecule has 1 atom stereocenters. The summed E-state index contributed by atoms with van der Waals surface area (Å²) in [6, 6.07) is 7.49. The molecule has 2 rings (SSSR count). The fourth-order valence-corrected chi connectivity index (χ4v) is 2.03. The molecule has 0 bridgehead atoms. The molecule has 0 spiro atoms. The fourth-order valence-electron chi connectivity index (χ4n) is 2.03. The maximum Gasteiger partial charge on any atom is 0.101 e. The van der Waals surface area contributed by atoms with Gasteiger partial charge in [0.15, 0.2) is 0 Å². The summed E-state index contributed by atoms with van der Waals surface area (Å²) in [6.07, 6.45) is 0.161. The van der Waals surface area contributed by atoms with Gasteiger partial charge in [0, 0.05) is 19.6 Å². The highest BCUT2D eigenvalue weighted by atomic mass is 16.5. The van der Waals surface area contributed by atoms with Crippen molar-refractivity contribution in [3.05, 3.63) is 23.8 Å². The van der Waals surface area contributed by atoms with E-state index < -0.39 is 0 Å². The quantitative estimate of drug-likeness (QED) is 0.775. The van der Waals surface area contributed by atoms with Gasteiger partial charge in [0.2, 0.25) is 0 Å². The summed E-state index contributed by atoms with van der Waals surface area (Å²) in [7, 11) is 2.08. The van der Waals surface area contributed by atoms with E-state index in [-0.39, 0.29) is 6.10 Å². The van der Waals surface area contributed by atoms with Crippen molar-refractivity contribution < 1.29 is 4.74 Å². The number of nitrogens with one attached hydrogen (secondary N) is 1. The van der Waals surface area contributed by atoms with Crippen LogP contribution in [0.2, 0.25) is 0 Å². The molecule has 1 heterocycles. The van der Waals surface area contributed by atoms with Crippen molar-refractivity contribution in [3.63, 3.8) is 0 Å². The highest BCUT2D eigenvalue weighted by molar-refractivity contribution is 5.72. The van der Waals surface area contributed by atoms with E-state index >= 15 is 0 Å². The normalized spacial score (nSPS) is 20.3. The molecule has 0 saturated carbocycles. The van der Waals surface area contributed by atoms with Gasteiger partial charge in [0.05, 0.1) is 29.6 Å². The van der Waals surface area contributed by atoms with Crippen molar-refractivity contribution in [2.24, 2.45) is 0 Å². The van der Waals surface area contributed by atoms with E-state index in [1.54, 1.807) is 6.07 Å². The Morgan fingerprint density at radius 3 is 3.17 bits per heavy atom. The van der Waals surface area contributed by atoms with Crippen molar-refractivity contribution in [2.45, 2.75) is 6.10 Å². The number of nitrogens with zero attached hydrogens (tertiary/aromatic N) is 2. The molecule has 1 aromatic rings. The van der Waals surface area contributed by atoms with E-state index in [0.29, 0.717) is 17.8 Å². The number of benzene rings is 1. The summed E-state index contributed by atoms with van der Waals surface area (Å²) in [6.45, 7) is 3.34. The minimum absolute atomic E-state index is 0.161. The predicted molar refractivity (Wildman–Crippen MR) is 71.3 cm³/mol. The zero-order valence-electron chi connectivity index (χ0n) is 10.5. The molecule has 1 aliphatic heterocycles. The summed E-state index contributed by atoms with van der Waals surface area (Å²) in [5, 5.41) is 12.2. The van der Waals surface area contributed by atoms with Crippen LogP contribution >= 0.6 is 0 Å². The predicted octanol–water partition coefficient (Wildman–Crippen LogP) is 0.883. The minimum Gasteiger partial charge on any atom is -0.396 e. The molecule has 0 radical (unpaired) electrons. The zero-order valence-corrected chi connectivity index (χ0v) is 10.5. The molecule has 1 aromatic carbocycles. The van der Waals surface area contributed by atoms with E-state index in [2.05, 4.69) is 23.3 Å². The van der Waals surface area contributed by atoms with Gasteiger partial charge in [-0.05, 0) is 19.2 Å². The molecule has 96 valence electrons. The topological polar surface area (TPSA) is 74.3 Å². The van der Waals surface area contributed by atoms with E-state index in [1.807, 2.05) is 12.1 Å². The molecule has 5 nitrogen and oxygen atoms in total. The van der Waals surface area contributed by atoms with Crippen molar-refractivity contribution in [3.8, 4) is 6.07 Å². The smallest absolute Gasteiger partial charge is 0.101 e. The summed E-state index contributed by atoms with van der Waals surface area (Å²) in [4.78, 5) is 2.24. The number of nitriles is 1. The molecule has 18 heavy (non-hydrogen) atoms. The van der Waals surface area contributed by atoms with E-state index in [1.165, 1.54) is 0 Å². The largest absolute Gasteiger partial charge is 0.396 e. The summed E-state index contributed by atoms with van der Waals surface area (Å²) in [5.74, 6) is 0. The van der Waals surface area contributed by atoms with Gasteiger partial charge in [-0.2, -0.15) is 5.26 Å². The van der Waals surface area contributed by atoms with Crippen molar-refractivity contribution >= 4 is 11.4 Å². The van der Waals surface area contributed by atoms with Crippen LogP contribution in [0.15, 0.2) is 18.2 Å². The van der Waals surface area contributed by atoms with Gasteiger partial charge in [0.25, 0.3) is 0 Å². The molecule has 1 fully saturated rings.